The lowest BCUT2D eigenvalue weighted by molar-refractivity contribution is -0.129. The summed E-state index contributed by atoms with van der Waals surface area (Å²) in [7, 11) is 0. The molecule has 1 unspecified atom stereocenters. The lowest BCUT2D eigenvalue weighted by atomic mass is 9.85. The molecule has 1 atom stereocenters. The molecule has 0 saturated heterocycles. The highest BCUT2D eigenvalue weighted by atomic mass is 16.2. The summed E-state index contributed by atoms with van der Waals surface area (Å²) in [5.41, 5.74) is 2.96. The van der Waals surface area contributed by atoms with Gasteiger partial charge in [-0.1, -0.05) is 23.3 Å². The first-order valence-corrected chi connectivity index (χ1v) is 7.01. The van der Waals surface area contributed by atoms with Crippen LogP contribution in [0.4, 0.5) is 0 Å². The van der Waals surface area contributed by atoms with Gasteiger partial charge in [0.05, 0.1) is 0 Å². The summed E-state index contributed by atoms with van der Waals surface area (Å²) in [4.78, 5) is 13.4. The maximum atomic E-state index is 11.5. The molecule has 0 fully saturated rings. The van der Waals surface area contributed by atoms with Gasteiger partial charge in [-0.3, -0.25) is 4.79 Å². The molecule has 0 N–H and O–H groups in total. The summed E-state index contributed by atoms with van der Waals surface area (Å²) in [6.07, 6.45) is 8.23. The van der Waals surface area contributed by atoms with Crippen LogP contribution < -0.4 is 0 Å². The minimum absolute atomic E-state index is 0.161. The Morgan fingerprint density at radius 3 is 2.61 bits per heavy atom. The topological polar surface area (TPSA) is 20.3 Å². The highest BCUT2D eigenvalue weighted by Gasteiger charge is 2.15. The molecule has 0 aliphatic heterocycles. The highest BCUT2D eigenvalue weighted by molar-refractivity contribution is 5.73. The van der Waals surface area contributed by atoms with Crippen LogP contribution in [0.15, 0.2) is 23.3 Å². The van der Waals surface area contributed by atoms with Crippen LogP contribution in [0.5, 0.6) is 0 Å². The van der Waals surface area contributed by atoms with Crippen LogP contribution in [0.3, 0.4) is 0 Å². The minimum atomic E-state index is 0.161. The maximum absolute atomic E-state index is 11.5. The lowest BCUT2D eigenvalue weighted by Crippen LogP contribution is -2.35. The van der Waals surface area contributed by atoms with E-state index in [2.05, 4.69) is 39.8 Å². The van der Waals surface area contributed by atoms with E-state index in [1.54, 1.807) is 6.92 Å². The number of rotatable bonds is 4. The zero-order chi connectivity index (χ0) is 13.7. The van der Waals surface area contributed by atoms with E-state index in [4.69, 9.17) is 0 Å². The van der Waals surface area contributed by atoms with Crippen LogP contribution in [-0.2, 0) is 4.79 Å². The smallest absolute Gasteiger partial charge is 0.219 e. The van der Waals surface area contributed by atoms with Crippen molar-refractivity contribution in [3.05, 3.63) is 23.3 Å². The summed E-state index contributed by atoms with van der Waals surface area (Å²) in [6.45, 7) is 11.0. The number of nitrogens with zero attached hydrogens (tertiary/aromatic N) is 1. The molecule has 1 aliphatic rings. The average Bonchev–Trinajstić information content (AvgIpc) is 2.28. The summed E-state index contributed by atoms with van der Waals surface area (Å²) >= 11 is 0. The molecule has 0 bridgehead atoms. The fourth-order valence-electron chi connectivity index (χ4n) is 2.49. The fraction of sp³-hybridized carbons (Fsp3) is 0.688. The number of carbonyl (C=O) groups excluding carboxylic acids is 1. The van der Waals surface area contributed by atoms with Crippen molar-refractivity contribution in [3.63, 3.8) is 0 Å². The fourth-order valence-corrected chi connectivity index (χ4v) is 2.49. The molecule has 0 aromatic carbocycles. The molecule has 0 spiro atoms. The van der Waals surface area contributed by atoms with E-state index >= 15 is 0 Å². The molecule has 0 heterocycles. The third-order valence-electron chi connectivity index (χ3n) is 3.92. The SMILES string of the molecule is CC(=O)N(CC=C(C)C1CC=C(C)CC1)C(C)C. The summed E-state index contributed by atoms with van der Waals surface area (Å²) < 4.78 is 0. The molecule has 0 radical (unpaired) electrons. The van der Waals surface area contributed by atoms with Crippen molar-refractivity contribution < 1.29 is 4.79 Å². The van der Waals surface area contributed by atoms with Crippen molar-refractivity contribution in [2.75, 3.05) is 6.54 Å². The van der Waals surface area contributed by atoms with Gasteiger partial charge >= 0.3 is 0 Å². The summed E-state index contributed by atoms with van der Waals surface area (Å²) in [5.74, 6) is 0.836. The minimum Gasteiger partial charge on any atom is -0.337 e. The number of allylic oxidation sites excluding steroid dienone is 3. The second-order valence-electron chi connectivity index (χ2n) is 5.74. The summed E-state index contributed by atoms with van der Waals surface area (Å²) in [5, 5.41) is 0. The molecule has 0 saturated carbocycles. The van der Waals surface area contributed by atoms with E-state index in [0.717, 1.165) is 13.0 Å². The average molecular weight is 249 g/mol. The Hall–Kier alpha value is -1.05. The number of hydrogen-bond acceptors (Lipinski definition) is 1. The predicted octanol–water partition coefficient (Wildman–Crippen LogP) is 3.94. The predicted molar refractivity (Wildman–Crippen MR) is 77.4 cm³/mol. The first-order chi connectivity index (χ1) is 8.41. The van der Waals surface area contributed by atoms with Crippen molar-refractivity contribution in [2.24, 2.45) is 5.92 Å². The monoisotopic (exact) mass is 249 g/mol. The standard InChI is InChI=1S/C16H27NO/c1-12(2)17(15(5)18)11-10-14(4)16-8-6-13(3)7-9-16/h6,10,12,16H,7-9,11H2,1-5H3. The van der Waals surface area contributed by atoms with E-state index in [-0.39, 0.29) is 11.9 Å². The number of amides is 1. The zero-order valence-electron chi connectivity index (χ0n) is 12.5. The van der Waals surface area contributed by atoms with Crippen LogP contribution in [0.2, 0.25) is 0 Å². The molecule has 1 amide bonds. The third kappa shape index (κ3) is 4.32. The van der Waals surface area contributed by atoms with Gasteiger partial charge in [0, 0.05) is 19.5 Å². The third-order valence-corrected chi connectivity index (χ3v) is 3.92. The molecule has 2 nitrogen and oxygen atoms in total. The van der Waals surface area contributed by atoms with Gasteiger partial charge in [-0.15, -0.1) is 0 Å². The Labute approximate surface area is 112 Å². The number of carbonyl (C=O) groups is 1. The normalized spacial score (nSPS) is 20.9. The van der Waals surface area contributed by atoms with Gasteiger partial charge < -0.3 is 4.90 Å². The Kier molecular flexibility index (Phi) is 5.64. The largest absolute Gasteiger partial charge is 0.337 e. The Balaban J connectivity index is 2.58. The Bertz CT molecular complexity index is 352. The second kappa shape index (κ2) is 6.77. The van der Waals surface area contributed by atoms with Gasteiger partial charge in [0.2, 0.25) is 5.91 Å². The molecule has 0 aromatic heterocycles. The van der Waals surface area contributed by atoms with Crippen molar-refractivity contribution in [3.8, 4) is 0 Å². The second-order valence-corrected chi connectivity index (χ2v) is 5.74. The molecule has 2 heteroatoms. The molecule has 102 valence electrons. The molecule has 1 rings (SSSR count). The highest BCUT2D eigenvalue weighted by Crippen LogP contribution is 2.28. The lowest BCUT2D eigenvalue weighted by Gasteiger charge is -2.26. The van der Waals surface area contributed by atoms with Gasteiger partial charge in [0.15, 0.2) is 0 Å². The molecular weight excluding hydrogens is 222 g/mol. The number of hydrogen-bond donors (Lipinski definition) is 0. The van der Waals surface area contributed by atoms with E-state index < -0.39 is 0 Å². The first kappa shape index (κ1) is 15.0. The van der Waals surface area contributed by atoms with Crippen molar-refractivity contribution in [2.45, 2.75) is 59.9 Å². The van der Waals surface area contributed by atoms with Gasteiger partial charge in [-0.2, -0.15) is 0 Å². The van der Waals surface area contributed by atoms with E-state index in [1.807, 2.05) is 4.90 Å². The van der Waals surface area contributed by atoms with Gasteiger partial charge in [-0.05, 0) is 52.9 Å². The van der Waals surface area contributed by atoms with Crippen molar-refractivity contribution in [1.29, 1.82) is 0 Å². The van der Waals surface area contributed by atoms with Crippen LogP contribution in [0.25, 0.3) is 0 Å². The van der Waals surface area contributed by atoms with E-state index in [9.17, 15) is 4.79 Å². The molecular formula is C16H27NO. The van der Waals surface area contributed by atoms with Crippen LogP contribution in [-0.4, -0.2) is 23.4 Å². The van der Waals surface area contributed by atoms with Crippen molar-refractivity contribution >= 4 is 5.91 Å². The summed E-state index contributed by atoms with van der Waals surface area (Å²) in [6, 6.07) is 0.278. The maximum Gasteiger partial charge on any atom is 0.219 e. The molecule has 18 heavy (non-hydrogen) atoms. The van der Waals surface area contributed by atoms with Crippen LogP contribution in [0, 0.1) is 5.92 Å². The Morgan fingerprint density at radius 1 is 1.50 bits per heavy atom. The van der Waals surface area contributed by atoms with E-state index in [0.29, 0.717) is 5.92 Å². The van der Waals surface area contributed by atoms with Crippen LogP contribution >= 0.6 is 0 Å². The zero-order valence-corrected chi connectivity index (χ0v) is 12.5. The van der Waals surface area contributed by atoms with Gasteiger partial charge in [0.1, 0.15) is 0 Å². The van der Waals surface area contributed by atoms with Gasteiger partial charge in [0.25, 0.3) is 0 Å². The Morgan fingerprint density at radius 2 is 2.17 bits per heavy atom. The van der Waals surface area contributed by atoms with Crippen LogP contribution in [0.1, 0.15) is 53.9 Å². The molecule has 0 aromatic rings. The first-order valence-electron chi connectivity index (χ1n) is 7.01. The van der Waals surface area contributed by atoms with Gasteiger partial charge in [-0.25, -0.2) is 0 Å². The van der Waals surface area contributed by atoms with E-state index in [1.165, 1.54) is 24.0 Å². The quantitative estimate of drug-likeness (QED) is 0.691. The van der Waals surface area contributed by atoms with Crippen molar-refractivity contribution in [1.82, 2.24) is 4.90 Å². The molecule has 1 aliphatic carbocycles.